The molecule has 0 aromatic heterocycles. The smallest absolute Gasteiger partial charge is 0.262 e. The quantitative estimate of drug-likeness (QED) is 0.324. The molecule has 0 saturated heterocycles. The molecule has 8 nitrogen and oxygen atoms in total. The third-order valence-electron chi connectivity index (χ3n) is 2.32. The molecule has 0 aliphatic carbocycles. The summed E-state index contributed by atoms with van der Waals surface area (Å²) in [4.78, 5) is 9.90. The van der Waals surface area contributed by atoms with Gasteiger partial charge in [0.25, 0.3) is 5.69 Å². The maximum atomic E-state index is 11.7. The van der Waals surface area contributed by atoms with Crippen LogP contribution in [-0.2, 0) is 0 Å². The molecule has 0 atom stereocenters. The predicted molar refractivity (Wildman–Crippen MR) is 71.6 cm³/mol. The molecule has 0 fully saturated rings. The number of nitrogens with one attached hydrogen (secondary N) is 3. The van der Waals surface area contributed by atoms with Crippen molar-refractivity contribution in [3.63, 3.8) is 0 Å². The SMILES string of the molecule is O=[N+]([O-])c1cccc(C=NNC2=CC=C(Cl)NN2)c1[O-]. The van der Waals surface area contributed by atoms with Crippen LogP contribution in [-0.4, -0.2) is 11.1 Å². The molecule has 0 unspecified atom stereocenters. The maximum Gasteiger partial charge on any atom is 0.262 e. The van der Waals surface area contributed by atoms with Crippen LogP contribution < -0.4 is 21.4 Å². The van der Waals surface area contributed by atoms with Crippen molar-refractivity contribution in [1.29, 1.82) is 0 Å². The van der Waals surface area contributed by atoms with Gasteiger partial charge in [0.1, 0.15) is 11.0 Å². The van der Waals surface area contributed by atoms with Crippen molar-refractivity contribution in [2.75, 3.05) is 0 Å². The Morgan fingerprint density at radius 1 is 1.35 bits per heavy atom. The number of nitro groups is 1. The fourth-order valence-electron chi connectivity index (χ4n) is 1.39. The van der Waals surface area contributed by atoms with Crippen LogP contribution in [0.3, 0.4) is 0 Å². The molecule has 9 heteroatoms. The van der Waals surface area contributed by atoms with E-state index in [4.69, 9.17) is 11.6 Å². The van der Waals surface area contributed by atoms with Crippen molar-refractivity contribution in [2.45, 2.75) is 0 Å². The molecule has 0 radical (unpaired) electrons. The number of nitrogens with zero attached hydrogens (tertiary/aromatic N) is 2. The maximum absolute atomic E-state index is 11.7. The summed E-state index contributed by atoms with van der Waals surface area (Å²) in [5, 5.41) is 26.6. The second kappa shape index (κ2) is 5.93. The Balaban J connectivity index is 2.09. The molecule has 0 amide bonds. The van der Waals surface area contributed by atoms with Gasteiger partial charge >= 0.3 is 0 Å². The van der Waals surface area contributed by atoms with Crippen molar-refractivity contribution < 1.29 is 10.0 Å². The minimum atomic E-state index is -0.727. The van der Waals surface area contributed by atoms with Crippen LogP contribution in [0.5, 0.6) is 5.75 Å². The molecule has 2 rings (SSSR count). The average Bonchev–Trinajstić information content (AvgIpc) is 2.42. The second-order valence-electron chi connectivity index (χ2n) is 3.67. The molecule has 104 valence electrons. The number of nitro benzene ring substituents is 1. The summed E-state index contributed by atoms with van der Waals surface area (Å²) in [7, 11) is 0. The lowest BCUT2D eigenvalue weighted by molar-refractivity contribution is -0.398. The fourth-order valence-corrected chi connectivity index (χ4v) is 1.50. The van der Waals surface area contributed by atoms with E-state index in [1.54, 1.807) is 12.2 Å². The zero-order chi connectivity index (χ0) is 14.5. The summed E-state index contributed by atoms with van der Waals surface area (Å²) in [5.41, 5.74) is 7.58. The summed E-state index contributed by atoms with van der Waals surface area (Å²) in [6, 6.07) is 4.01. The number of hydrazone groups is 1. The van der Waals surface area contributed by atoms with Crippen molar-refractivity contribution in [2.24, 2.45) is 5.10 Å². The van der Waals surface area contributed by atoms with E-state index >= 15 is 0 Å². The number of hydrazine groups is 1. The van der Waals surface area contributed by atoms with Crippen LogP contribution in [0.1, 0.15) is 5.56 Å². The van der Waals surface area contributed by atoms with Gasteiger partial charge in [0.2, 0.25) is 0 Å². The monoisotopic (exact) mass is 294 g/mol. The summed E-state index contributed by atoms with van der Waals surface area (Å²) >= 11 is 5.65. The first-order valence-corrected chi connectivity index (χ1v) is 5.79. The Morgan fingerprint density at radius 3 is 2.80 bits per heavy atom. The number of hydrogen-bond acceptors (Lipinski definition) is 7. The zero-order valence-electron chi connectivity index (χ0n) is 9.96. The van der Waals surface area contributed by atoms with Crippen molar-refractivity contribution in [3.8, 4) is 5.75 Å². The van der Waals surface area contributed by atoms with Gasteiger partial charge in [-0.15, -0.1) is 0 Å². The molecule has 0 saturated carbocycles. The molecule has 1 aromatic rings. The van der Waals surface area contributed by atoms with E-state index in [2.05, 4.69) is 21.4 Å². The average molecular weight is 295 g/mol. The highest BCUT2D eigenvalue weighted by Gasteiger charge is 2.08. The highest BCUT2D eigenvalue weighted by Crippen LogP contribution is 2.24. The Hall–Kier alpha value is -2.74. The van der Waals surface area contributed by atoms with Crippen LogP contribution >= 0.6 is 11.6 Å². The Morgan fingerprint density at radius 2 is 2.15 bits per heavy atom. The number of para-hydroxylation sites is 1. The minimum absolute atomic E-state index is 0.115. The summed E-state index contributed by atoms with van der Waals surface area (Å²) in [5.74, 6) is -0.182. The van der Waals surface area contributed by atoms with Gasteiger partial charge in [-0.2, -0.15) is 5.10 Å². The third-order valence-corrected chi connectivity index (χ3v) is 2.54. The largest absolute Gasteiger partial charge is 0.867 e. The van der Waals surface area contributed by atoms with Crippen molar-refractivity contribution >= 4 is 23.5 Å². The highest BCUT2D eigenvalue weighted by atomic mass is 35.5. The molecular formula is C11H9ClN5O3-. The van der Waals surface area contributed by atoms with E-state index in [-0.39, 0.29) is 5.56 Å². The number of hydrogen-bond donors (Lipinski definition) is 3. The van der Waals surface area contributed by atoms with E-state index < -0.39 is 16.4 Å². The highest BCUT2D eigenvalue weighted by molar-refractivity contribution is 6.29. The van der Waals surface area contributed by atoms with E-state index in [0.29, 0.717) is 11.0 Å². The first-order valence-electron chi connectivity index (χ1n) is 5.41. The third kappa shape index (κ3) is 3.18. The van der Waals surface area contributed by atoms with Crippen LogP contribution in [0.25, 0.3) is 0 Å². The normalized spacial score (nSPS) is 14.1. The van der Waals surface area contributed by atoms with Gasteiger partial charge in [0.15, 0.2) is 0 Å². The molecule has 0 bridgehead atoms. The number of halogens is 1. The lowest BCUT2D eigenvalue weighted by Gasteiger charge is -2.15. The van der Waals surface area contributed by atoms with Crippen LogP contribution in [0.4, 0.5) is 5.69 Å². The van der Waals surface area contributed by atoms with Gasteiger partial charge in [-0.25, -0.2) is 0 Å². The van der Waals surface area contributed by atoms with Crippen LogP contribution in [0.2, 0.25) is 0 Å². The topological polar surface area (TPSA) is 115 Å². The van der Waals surface area contributed by atoms with E-state index in [9.17, 15) is 15.2 Å². The lowest BCUT2D eigenvalue weighted by Crippen LogP contribution is -2.35. The van der Waals surface area contributed by atoms with E-state index in [0.717, 1.165) is 6.07 Å². The van der Waals surface area contributed by atoms with Gasteiger partial charge in [-0.1, -0.05) is 23.7 Å². The molecule has 1 aromatic carbocycles. The van der Waals surface area contributed by atoms with Gasteiger partial charge in [0, 0.05) is 6.07 Å². The van der Waals surface area contributed by atoms with E-state index in [1.165, 1.54) is 18.3 Å². The molecular weight excluding hydrogens is 286 g/mol. The van der Waals surface area contributed by atoms with Gasteiger partial charge in [0.05, 0.1) is 11.1 Å². The molecule has 1 heterocycles. The lowest BCUT2D eigenvalue weighted by atomic mass is 10.2. The molecule has 0 spiro atoms. The van der Waals surface area contributed by atoms with E-state index in [1.807, 2.05) is 0 Å². The summed E-state index contributed by atoms with van der Waals surface area (Å²) in [6.07, 6.45) is 4.43. The molecule has 1 aliphatic rings. The standard InChI is InChI=1S/C11H10ClN5O3/c12-9-4-5-10(16-14-9)15-13-6-7-2-1-3-8(11(7)18)17(19)20/h1-6,14-16,18H/p-1. The summed E-state index contributed by atoms with van der Waals surface area (Å²) in [6.45, 7) is 0. The van der Waals surface area contributed by atoms with Gasteiger partial charge in [-0.05, 0) is 23.5 Å². The first-order chi connectivity index (χ1) is 9.58. The first kappa shape index (κ1) is 13.7. The second-order valence-corrected chi connectivity index (χ2v) is 4.07. The number of benzene rings is 1. The predicted octanol–water partition coefficient (Wildman–Crippen LogP) is 0.621. The van der Waals surface area contributed by atoms with Crippen molar-refractivity contribution in [3.05, 3.63) is 57.0 Å². The number of allylic oxidation sites excluding steroid dienone is 2. The molecule has 1 aliphatic heterocycles. The minimum Gasteiger partial charge on any atom is -0.867 e. The van der Waals surface area contributed by atoms with Crippen LogP contribution in [0, 0.1) is 10.1 Å². The number of rotatable bonds is 4. The van der Waals surface area contributed by atoms with Gasteiger partial charge in [-0.3, -0.25) is 26.4 Å². The Labute approximate surface area is 118 Å². The Bertz CT molecular complexity index is 626. The molecule has 3 N–H and O–H groups in total. The Kier molecular flexibility index (Phi) is 4.06. The summed E-state index contributed by atoms with van der Waals surface area (Å²) < 4.78 is 0. The van der Waals surface area contributed by atoms with Crippen molar-refractivity contribution in [1.82, 2.24) is 16.3 Å². The van der Waals surface area contributed by atoms with Crippen LogP contribution in [0.15, 0.2) is 46.4 Å². The van der Waals surface area contributed by atoms with Gasteiger partial charge < -0.3 is 5.11 Å². The molecule has 20 heavy (non-hydrogen) atoms. The zero-order valence-corrected chi connectivity index (χ0v) is 10.7. The fraction of sp³-hybridized carbons (Fsp3) is 0.